The van der Waals surface area contributed by atoms with Gasteiger partial charge < -0.3 is 10.2 Å². The van der Waals surface area contributed by atoms with Crippen LogP contribution in [0.5, 0.6) is 0 Å². The first-order valence-corrected chi connectivity index (χ1v) is 10.9. The Morgan fingerprint density at radius 3 is 2.18 bits per heavy atom. The first-order chi connectivity index (χ1) is 16.6. The van der Waals surface area contributed by atoms with Crippen molar-refractivity contribution in [2.45, 2.75) is 19.5 Å². The number of hydrogen-bond donors (Lipinski definition) is 1. The highest BCUT2D eigenvalue weighted by Gasteiger charge is 2.18. The molecule has 1 heterocycles. The highest BCUT2D eigenvalue weighted by molar-refractivity contribution is 6.06. The number of anilines is 1. The van der Waals surface area contributed by atoms with Crippen molar-refractivity contribution >= 4 is 17.5 Å². The zero-order valence-electron chi connectivity index (χ0n) is 18.5. The van der Waals surface area contributed by atoms with Crippen LogP contribution in [0.3, 0.4) is 0 Å². The van der Waals surface area contributed by atoms with Gasteiger partial charge in [-0.1, -0.05) is 48.5 Å². The van der Waals surface area contributed by atoms with Gasteiger partial charge in [-0.3, -0.25) is 14.6 Å². The van der Waals surface area contributed by atoms with Gasteiger partial charge in [-0.15, -0.1) is 0 Å². The number of aromatic nitrogens is 1. The Hall–Kier alpha value is -4.32. The van der Waals surface area contributed by atoms with Crippen molar-refractivity contribution in [1.82, 2.24) is 10.3 Å². The third-order valence-electron chi connectivity index (χ3n) is 5.35. The second-order valence-corrected chi connectivity index (χ2v) is 7.87. The number of nitrogens with one attached hydrogen (secondary N) is 1. The molecule has 0 atom stereocenters. The van der Waals surface area contributed by atoms with E-state index in [2.05, 4.69) is 10.3 Å². The number of rotatable bonds is 8. The standard InChI is InChI=1S/C28H24FN3O2/c29-25-12-8-22(9-13-25)20-32(28(34)24-6-2-1-3-7-24)26-14-10-21(11-15-26)17-27(33)31-19-23-5-4-16-30-18-23/h1-16,18H,17,19-20H2,(H,31,33). The molecular weight excluding hydrogens is 429 g/mol. The number of halogens is 1. The fraction of sp³-hybridized carbons (Fsp3) is 0.107. The highest BCUT2D eigenvalue weighted by atomic mass is 19.1. The average molecular weight is 454 g/mol. The van der Waals surface area contributed by atoms with E-state index in [1.54, 1.807) is 41.6 Å². The van der Waals surface area contributed by atoms with Crippen molar-refractivity contribution in [3.05, 3.63) is 131 Å². The Balaban J connectivity index is 1.48. The van der Waals surface area contributed by atoms with Crippen molar-refractivity contribution in [2.24, 2.45) is 0 Å². The molecule has 0 aliphatic heterocycles. The van der Waals surface area contributed by atoms with E-state index in [1.165, 1.54) is 12.1 Å². The van der Waals surface area contributed by atoms with Crippen LogP contribution in [0.25, 0.3) is 0 Å². The van der Waals surface area contributed by atoms with Crippen LogP contribution in [0.15, 0.2) is 103 Å². The summed E-state index contributed by atoms with van der Waals surface area (Å²) in [4.78, 5) is 31.3. The van der Waals surface area contributed by atoms with E-state index in [9.17, 15) is 14.0 Å². The molecule has 0 spiro atoms. The molecule has 4 rings (SSSR count). The smallest absolute Gasteiger partial charge is 0.258 e. The molecule has 2 amide bonds. The third-order valence-corrected chi connectivity index (χ3v) is 5.35. The minimum absolute atomic E-state index is 0.0971. The molecule has 0 saturated carbocycles. The van der Waals surface area contributed by atoms with E-state index in [0.29, 0.717) is 24.3 Å². The normalized spacial score (nSPS) is 10.5. The Labute approximate surface area is 197 Å². The van der Waals surface area contributed by atoms with Crippen molar-refractivity contribution in [3.63, 3.8) is 0 Å². The van der Waals surface area contributed by atoms with Gasteiger partial charge in [0.2, 0.25) is 5.91 Å². The van der Waals surface area contributed by atoms with Crippen molar-refractivity contribution in [1.29, 1.82) is 0 Å². The van der Waals surface area contributed by atoms with Crippen molar-refractivity contribution in [3.8, 4) is 0 Å². The molecule has 0 bridgehead atoms. The minimum atomic E-state index is -0.323. The molecule has 6 heteroatoms. The van der Waals surface area contributed by atoms with E-state index >= 15 is 0 Å². The van der Waals surface area contributed by atoms with Gasteiger partial charge in [0.15, 0.2) is 0 Å². The summed E-state index contributed by atoms with van der Waals surface area (Å²) in [7, 11) is 0. The average Bonchev–Trinajstić information content (AvgIpc) is 2.88. The summed E-state index contributed by atoms with van der Waals surface area (Å²) in [6.45, 7) is 0.709. The predicted molar refractivity (Wildman–Crippen MR) is 130 cm³/mol. The molecule has 0 aliphatic carbocycles. The first-order valence-electron chi connectivity index (χ1n) is 10.9. The molecule has 3 aromatic carbocycles. The van der Waals surface area contributed by atoms with Gasteiger partial charge in [-0.25, -0.2) is 4.39 Å². The lowest BCUT2D eigenvalue weighted by molar-refractivity contribution is -0.120. The van der Waals surface area contributed by atoms with Crippen LogP contribution < -0.4 is 10.2 Å². The number of nitrogens with zero attached hydrogens (tertiary/aromatic N) is 2. The van der Waals surface area contributed by atoms with Crippen molar-refractivity contribution in [2.75, 3.05) is 4.90 Å². The molecular formula is C28H24FN3O2. The van der Waals surface area contributed by atoms with Crippen LogP contribution in [0.1, 0.15) is 27.0 Å². The second kappa shape index (κ2) is 11.0. The molecule has 4 aromatic rings. The van der Waals surface area contributed by atoms with Crippen LogP contribution in [-0.2, 0) is 24.3 Å². The number of benzene rings is 3. The Morgan fingerprint density at radius 1 is 0.794 bits per heavy atom. The van der Waals surface area contributed by atoms with Gasteiger partial charge >= 0.3 is 0 Å². The lowest BCUT2D eigenvalue weighted by atomic mass is 10.1. The summed E-state index contributed by atoms with van der Waals surface area (Å²) in [5, 5.41) is 2.89. The van der Waals surface area contributed by atoms with Crippen LogP contribution in [0, 0.1) is 5.82 Å². The van der Waals surface area contributed by atoms with E-state index in [-0.39, 0.29) is 24.1 Å². The molecule has 1 aromatic heterocycles. The minimum Gasteiger partial charge on any atom is -0.352 e. The Bertz CT molecular complexity index is 1230. The lowest BCUT2D eigenvalue weighted by Crippen LogP contribution is -2.30. The maximum Gasteiger partial charge on any atom is 0.258 e. The van der Waals surface area contributed by atoms with Crippen LogP contribution in [0.4, 0.5) is 10.1 Å². The molecule has 0 unspecified atom stereocenters. The van der Waals surface area contributed by atoms with Crippen LogP contribution in [-0.4, -0.2) is 16.8 Å². The third kappa shape index (κ3) is 6.13. The van der Waals surface area contributed by atoms with Gasteiger partial charge in [0, 0.05) is 30.2 Å². The number of pyridine rings is 1. The SMILES string of the molecule is O=C(Cc1ccc(N(Cc2ccc(F)cc2)C(=O)c2ccccc2)cc1)NCc1cccnc1. The molecule has 34 heavy (non-hydrogen) atoms. The van der Waals surface area contributed by atoms with E-state index in [0.717, 1.165) is 16.7 Å². The molecule has 0 radical (unpaired) electrons. The van der Waals surface area contributed by atoms with Gasteiger partial charge in [0.25, 0.3) is 5.91 Å². The van der Waals surface area contributed by atoms with Crippen LogP contribution >= 0.6 is 0 Å². The van der Waals surface area contributed by atoms with Gasteiger partial charge in [0.05, 0.1) is 13.0 Å². The maximum absolute atomic E-state index is 13.4. The number of amides is 2. The quantitative estimate of drug-likeness (QED) is 0.412. The number of hydrogen-bond acceptors (Lipinski definition) is 3. The summed E-state index contributed by atoms with van der Waals surface area (Å²) in [5.41, 5.74) is 3.83. The number of carbonyl (C=O) groups excluding carboxylic acids is 2. The number of carbonyl (C=O) groups is 2. The molecule has 170 valence electrons. The summed E-state index contributed by atoms with van der Waals surface area (Å²) in [5.74, 6) is -0.581. The van der Waals surface area contributed by atoms with E-state index in [1.807, 2.05) is 54.6 Å². The summed E-state index contributed by atoms with van der Waals surface area (Å²) < 4.78 is 13.4. The molecule has 0 fully saturated rings. The second-order valence-electron chi connectivity index (χ2n) is 7.87. The first kappa shape index (κ1) is 22.9. The van der Waals surface area contributed by atoms with E-state index < -0.39 is 0 Å². The zero-order valence-corrected chi connectivity index (χ0v) is 18.5. The summed E-state index contributed by atoms with van der Waals surface area (Å²) in [6, 6.07) is 26.2. The zero-order chi connectivity index (χ0) is 23.8. The van der Waals surface area contributed by atoms with Crippen molar-refractivity contribution < 1.29 is 14.0 Å². The topological polar surface area (TPSA) is 62.3 Å². The van der Waals surface area contributed by atoms with E-state index in [4.69, 9.17) is 0 Å². The summed E-state index contributed by atoms with van der Waals surface area (Å²) in [6.07, 6.45) is 3.63. The summed E-state index contributed by atoms with van der Waals surface area (Å²) >= 11 is 0. The highest BCUT2D eigenvalue weighted by Crippen LogP contribution is 2.22. The largest absolute Gasteiger partial charge is 0.352 e. The Kier molecular flexibility index (Phi) is 7.40. The molecule has 1 N–H and O–H groups in total. The molecule has 0 saturated heterocycles. The predicted octanol–water partition coefficient (Wildman–Crippen LogP) is 4.93. The molecule has 0 aliphatic rings. The van der Waals surface area contributed by atoms with Gasteiger partial charge in [-0.2, -0.15) is 0 Å². The van der Waals surface area contributed by atoms with Gasteiger partial charge in [0.1, 0.15) is 5.82 Å². The fourth-order valence-electron chi connectivity index (χ4n) is 3.53. The Morgan fingerprint density at radius 2 is 1.50 bits per heavy atom. The fourth-order valence-corrected chi connectivity index (χ4v) is 3.53. The van der Waals surface area contributed by atoms with Crippen LogP contribution in [0.2, 0.25) is 0 Å². The lowest BCUT2D eigenvalue weighted by Gasteiger charge is -2.23. The van der Waals surface area contributed by atoms with Gasteiger partial charge in [-0.05, 0) is 59.2 Å². The molecule has 5 nitrogen and oxygen atoms in total. The monoisotopic (exact) mass is 453 g/mol. The maximum atomic E-state index is 13.4.